The average molecular weight is 427 g/mol. The molecule has 142 valence electrons. The second kappa shape index (κ2) is 7.50. The van der Waals surface area contributed by atoms with Crippen molar-refractivity contribution in [3.05, 3.63) is 63.6 Å². The van der Waals surface area contributed by atoms with Gasteiger partial charge in [0.15, 0.2) is 0 Å². The SMILES string of the molecule is CC1CS(=O)(=O)N(c2cc(C(=O)NCc3ccccc3Cl)ccc2Cl)C1=O. The van der Waals surface area contributed by atoms with E-state index >= 15 is 0 Å². The van der Waals surface area contributed by atoms with Crippen molar-refractivity contribution in [3.8, 4) is 0 Å². The summed E-state index contributed by atoms with van der Waals surface area (Å²) in [4.78, 5) is 24.7. The van der Waals surface area contributed by atoms with Crippen LogP contribution in [-0.2, 0) is 21.4 Å². The molecule has 2 aromatic carbocycles. The van der Waals surface area contributed by atoms with E-state index in [0.29, 0.717) is 9.33 Å². The number of amides is 2. The van der Waals surface area contributed by atoms with Crippen LogP contribution in [0.15, 0.2) is 42.5 Å². The highest BCUT2D eigenvalue weighted by Crippen LogP contribution is 2.34. The van der Waals surface area contributed by atoms with Gasteiger partial charge in [0.2, 0.25) is 15.9 Å². The number of hydrogen-bond acceptors (Lipinski definition) is 4. The van der Waals surface area contributed by atoms with Crippen molar-refractivity contribution in [1.29, 1.82) is 0 Å². The first-order valence-electron chi connectivity index (χ1n) is 8.08. The molecule has 0 spiro atoms. The van der Waals surface area contributed by atoms with Crippen molar-refractivity contribution >= 4 is 50.7 Å². The molecule has 0 saturated carbocycles. The summed E-state index contributed by atoms with van der Waals surface area (Å²) in [6, 6.07) is 11.3. The summed E-state index contributed by atoms with van der Waals surface area (Å²) < 4.78 is 25.3. The van der Waals surface area contributed by atoms with E-state index in [1.807, 2.05) is 0 Å². The standard InChI is InChI=1S/C18H16Cl2N2O4S/c1-11-10-27(25,26)22(18(11)24)16-8-12(6-7-15(16)20)17(23)21-9-13-4-2-3-5-14(13)19/h2-8,11H,9-10H2,1H3,(H,21,23). The second-order valence-corrected chi connectivity index (χ2v) is 8.90. The van der Waals surface area contributed by atoms with Gasteiger partial charge in [0.05, 0.1) is 22.4 Å². The summed E-state index contributed by atoms with van der Waals surface area (Å²) in [5.74, 6) is -1.95. The summed E-state index contributed by atoms with van der Waals surface area (Å²) in [5, 5.41) is 3.31. The molecule has 9 heteroatoms. The molecule has 6 nitrogen and oxygen atoms in total. The monoisotopic (exact) mass is 426 g/mol. The third kappa shape index (κ3) is 3.95. The molecule has 1 saturated heterocycles. The molecular formula is C18H16Cl2N2O4S. The van der Waals surface area contributed by atoms with Gasteiger partial charge in [-0.1, -0.05) is 48.3 Å². The van der Waals surface area contributed by atoms with Crippen molar-refractivity contribution in [3.63, 3.8) is 0 Å². The molecule has 3 rings (SSSR count). The zero-order chi connectivity index (χ0) is 19.8. The van der Waals surface area contributed by atoms with Crippen LogP contribution in [0.3, 0.4) is 0 Å². The molecule has 1 fully saturated rings. The van der Waals surface area contributed by atoms with Crippen LogP contribution in [0.5, 0.6) is 0 Å². The van der Waals surface area contributed by atoms with E-state index in [4.69, 9.17) is 23.2 Å². The average Bonchev–Trinajstić information content (AvgIpc) is 2.82. The highest BCUT2D eigenvalue weighted by atomic mass is 35.5. The first-order chi connectivity index (χ1) is 12.7. The van der Waals surface area contributed by atoms with Gasteiger partial charge >= 0.3 is 0 Å². The number of anilines is 1. The molecule has 1 aliphatic heterocycles. The van der Waals surface area contributed by atoms with Gasteiger partial charge in [-0.25, -0.2) is 12.7 Å². The number of carbonyl (C=O) groups is 2. The molecule has 1 atom stereocenters. The number of halogens is 2. The predicted octanol–water partition coefficient (Wildman–Crippen LogP) is 3.24. The van der Waals surface area contributed by atoms with Gasteiger partial charge in [-0.3, -0.25) is 9.59 Å². The van der Waals surface area contributed by atoms with E-state index in [1.165, 1.54) is 25.1 Å². The first-order valence-corrected chi connectivity index (χ1v) is 10.4. The number of sulfonamides is 1. The number of benzene rings is 2. The van der Waals surface area contributed by atoms with Crippen molar-refractivity contribution in [2.24, 2.45) is 5.92 Å². The number of carbonyl (C=O) groups excluding carboxylic acids is 2. The van der Waals surface area contributed by atoms with Gasteiger partial charge in [-0.15, -0.1) is 0 Å². The second-order valence-electron chi connectivity index (χ2n) is 6.22. The van der Waals surface area contributed by atoms with E-state index in [1.54, 1.807) is 24.3 Å². The molecule has 1 aliphatic rings. The van der Waals surface area contributed by atoms with E-state index in [2.05, 4.69) is 5.32 Å². The fourth-order valence-corrected chi connectivity index (χ4v) is 5.08. The lowest BCUT2D eigenvalue weighted by Crippen LogP contribution is -2.31. The lowest BCUT2D eigenvalue weighted by molar-refractivity contribution is -0.119. The van der Waals surface area contributed by atoms with Crippen molar-refractivity contribution in [2.75, 3.05) is 10.1 Å². The van der Waals surface area contributed by atoms with Crippen molar-refractivity contribution in [2.45, 2.75) is 13.5 Å². The fraction of sp³-hybridized carbons (Fsp3) is 0.222. The van der Waals surface area contributed by atoms with E-state index in [9.17, 15) is 18.0 Å². The summed E-state index contributed by atoms with van der Waals surface area (Å²) in [6.45, 7) is 1.74. The van der Waals surface area contributed by atoms with Crippen LogP contribution >= 0.6 is 23.2 Å². The Bertz CT molecular complexity index is 1020. The molecule has 0 aliphatic carbocycles. The first kappa shape index (κ1) is 19.7. The maximum atomic E-state index is 12.5. The lowest BCUT2D eigenvalue weighted by atomic mass is 10.1. The van der Waals surface area contributed by atoms with Crippen LogP contribution in [0.25, 0.3) is 0 Å². The van der Waals surface area contributed by atoms with Crippen LogP contribution in [0.4, 0.5) is 5.69 Å². The Hall–Kier alpha value is -2.09. The Morgan fingerprint density at radius 2 is 1.89 bits per heavy atom. The molecule has 27 heavy (non-hydrogen) atoms. The van der Waals surface area contributed by atoms with Crippen LogP contribution in [0.1, 0.15) is 22.8 Å². The molecule has 1 unspecified atom stereocenters. The number of hydrogen-bond donors (Lipinski definition) is 1. The maximum Gasteiger partial charge on any atom is 0.251 e. The van der Waals surface area contributed by atoms with E-state index < -0.39 is 27.8 Å². The number of rotatable bonds is 4. The number of nitrogens with one attached hydrogen (secondary N) is 1. The van der Waals surface area contributed by atoms with Gasteiger partial charge in [0.1, 0.15) is 0 Å². The summed E-state index contributed by atoms with van der Waals surface area (Å²) in [5.41, 5.74) is 0.910. The van der Waals surface area contributed by atoms with E-state index in [-0.39, 0.29) is 28.6 Å². The third-order valence-electron chi connectivity index (χ3n) is 4.18. The Kier molecular flexibility index (Phi) is 5.46. The van der Waals surface area contributed by atoms with Crippen LogP contribution in [-0.4, -0.2) is 26.0 Å². The fourth-order valence-electron chi connectivity index (χ4n) is 2.80. The summed E-state index contributed by atoms with van der Waals surface area (Å²) in [7, 11) is -3.81. The van der Waals surface area contributed by atoms with Gasteiger partial charge < -0.3 is 5.32 Å². The molecule has 1 N–H and O–H groups in total. The van der Waals surface area contributed by atoms with Crippen molar-refractivity contribution in [1.82, 2.24) is 5.32 Å². The predicted molar refractivity (Wildman–Crippen MR) is 105 cm³/mol. The smallest absolute Gasteiger partial charge is 0.251 e. The number of nitrogens with zero attached hydrogens (tertiary/aromatic N) is 1. The topological polar surface area (TPSA) is 83.6 Å². The molecule has 0 aromatic heterocycles. The van der Waals surface area contributed by atoms with Gasteiger partial charge in [0, 0.05) is 17.1 Å². The molecular weight excluding hydrogens is 411 g/mol. The Labute approximate surface area is 167 Å². The zero-order valence-corrected chi connectivity index (χ0v) is 16.6. The normalized spacial score (nSPS) is 18.6. The largest absolute Gasteiger partial charge is 0.348 e. The van der Waals surface area contributed by atoms with Gasteiger partial charge in [-0.2, -0.15) is 0 Å². The quantitative estimate of drug-likeness (QED) is 0.812. The highest BCUT2D eigenvalue weighted by molar-refractivity contribution is 7.94. The minimum Gasteiger partial charge on any atom is -0.348 e. The molecule has 2 aromatic rings. The summed E-state index contributed by atoms with van der Waals surface area (Å²) >= 11 is 12.2. The Morgan fingerprint density at radius 1 is 1.19 bits per heavy atom. The minimum absolute atomic E-state index is 0.0172. The zero-order valence-electron chi connectivity index (χ0n) is 14.3. The summed E-state index contributed by atoms with van der Waals surface area (Å²) in [6.07, 6.45) is 0. The highest BCUT2D eigenvalue weighted by Gasteiger charge is 2.43. The van der Waals surface area contributed by atoms with Crippen LogP contribution < -0.4 is 9.62 Å². The minimum atomic E-state index is -3.81. The maximum absolute atomic E-state index is 12.5. The molecule has 2 amide bonds. The van der Waals surface area contributed by atoms with Gasteiger partial charge in [-0.05, 0) is 29.8 Å². The molecule has 0 radical (unpaired) electrons. The van der Waals surface area contributed by atoms with Crippen molar-refractivity contribution < 1.29 is 18.0 Å². The van der Waals surface area contributed by atoms with Gasteiger partial charge in [0.25, 0.3) is 5.91 Å². The molecule has 1 heterocycles. The van der Waals surface area contributed by atoms with Crippen LogP contribution in [0.2, 0.25) is 10.0 Å². The Morgan fingerprint density at radius 3 is 2.52 bits per heavy atom. The lowest BCUT2D eigenvalue weighted by Gasteiger charge is -2.18. The Balaban J connectivity index is 1.86. The third-order valence-corrected chi connectivity index (χ3v) is 6.73. The van der Waals surface area contributed by atoms with Crippen LogP contribution in [0, 0.1) is 5.92 Å². The molecule has 0 bridgehead atoms. The van der Waals surface area contributed by atoms with E-state index in [0.717, 1.165) is 5.56 Å².